The van der Waals surface area contributed by atoms with E-state index in [2.05, 4.69) is 29.5 Å². The van der Waals surface area contributed by atoms with Gasteiger partial charge in [-0.15, -0.1) is 11.3 Å². The first kappa shape index (κ1) is 27.0. The quantitative estimate of drug-likeness (QED) is 0.447. The molecule has 0 aliphatic heterocycles. The second-order valence-electron chi connectivity index (χ2n) is 7.75. The highest BCUT2D eigenvalue weighted by Gasteiger charge is 2.22. The number of amides is 3. The van der Waals surface area contributed by atoms with Crippen molar-refractivity contribution in [2.45, 2.75) is 26.7 Å². The van der Waals surface area contributed by atoms with Gasteiger partial charge >= 0.3 is 0 Å². The molecule has 0 aliphatic rings. The molecule has 0 saturated carbocycles. The Morgan fingerprint density at radius 1 is 1.21 bits per heavy atom. The standard InChI is InChI=1S/C22H28Cl2N4O4S/c1-14(2)6-7-25-19(29)11-16-13-33-22(26-16)27-20(30)12-28(8-9-32-3)21(31)17-5-4-15(23)10-18(17)24/h4-5,10,13-14H,6-9,11-12H2,1-3H3,(H,25,29)(H,26,27,30). The molecule has 0 saturated heterocycles. The van der Waals surface area contributed by atoms with Gasteiger partial charge in [0, 0.05) is 30.6 Å². The third-order valence-electron chi connectivity index (χ3n) is 4.53. The van der Waals surface area contributed by atoms with Crippen LogP contribution in [-0.4, -0.2) is 61.0 Å². The van der Waals surface area contributed by atoms with Crippen molar-refractivity contribution in [2.75, 3.05) is 38.7 Å². The fraction of sp³-hybridized carbons (Fsp3) is 0.455. The van der Waals surface area contributed by atoms with Gasteiger partial charge in [0.1, 0.15) is 6.54 Å². The molecular formula is C22H28Cl2N4O4S. The van der Waals surface area contributed by atoms with Gasteiger partial charge in [-0.2, -0.15) is 0 Å². The lowest BCUT2D eigenvalue weighted by Gasteiger charge is -2.22. The molecule has 0 unspecified atom stereocenters. The molecule has 0 aliphatic carbocycles. The Kier molecular flexibility index (Phi) is 11.1. The van der Waals surface area contributed by atoms with E-state index < -0.39 is 11.8 Å². The summed E-state index contributed by atoms with van der Waals surface area (Å²) < 4.78 is 5.06. The molecule has 8 nitrogen and oxygen atoms in total. The topological polar surface area (TPSA) is 101 Å². The van der Waals surface area contributed by atoms with E-state index in [1.807, 2.05) is 0 Å². The summed E-state index contributed by atoms with van der Waals surface area (Å²) in [7, 11) is 1.51. The zero-order chi connectivity index (χ0) is 24.4. The Bertz CT molecular complexity index is 968. The summed E-state index contributed by atoms with van der Waals surface area (Å²) in [4.78, 5) is 43.2. The number of carbonyl (C=O) groups excluding carboxylic acids is 3. The highest BCUT2D eigenvalue weighted by Crippen LogP contribution is 2.22. The summed E-state index contributed by atoms with van der Waals surface area (Å²) in [6.45, 7) is 5.03. The number of nitrogens with zero attached hydrogens (tertiary/aromatic N) is 2. The van der Waals surface area contributed by atoms with Crippen molar-refractivity contribution in [3.63, 3.8) is 0 Å². The Morgan fingerprint density at radius 2 is 1.97 bits per heavy atom. The smallest absolute Gasteiger partial charge is 0.255 e. The predicted molar refractivity (Wildman–Crippen MR) is 131 cm³/mol. The van der Waals surface area contributed by atoms with Crippen LogP contribution in [0, 0.1) is 5.92 Å². The lowest BCUT2D eigenvalue weighted by atomic mass is 10.1. The van der Waals surface area contributed by atoms with Crippen molar-refractivity contribution in [3.05, 3.63) is 44.9 Å². The molecule has 2 rings (SSSR count). The average Bonchev–Trinajstić information content (AvgIpc) is 3.16. The van der Waals surface area contributed by atoms with E-state index in [1.165, 1.54) is 35.5 Å². The number of thiazole rings is 1. The van der Waals surface area contributed by atoms with Crippen LogP contribution in [0.25, 0.3) is 0 Å². The number of benzene rings is 1. The van der Waals surface area contributed by atoms with E-state index in [4.69, 9.17) is 27.9 Å². The Hall–Kier alpha value is -2.20. The number of carbonyl (C=O) groups is 3. The minimum Gasteiger partial charge on any atom is -0.383 e. The van der Waals surface area contributed by atoms with Crippen LogP contribution in [0.5, 0.6) is 0 Å². The lowest BCUT2D eigenvalue weighted by molar-refractivity contribution is -0.120. The van der Waals surface area contributed by atoms with Gasteiger partial charge in [0.15, 0.2) is 5.13 Å². The maximum atomic E-state index is 12.9. The van der Waals surface area contributed by atoms with E-state index in [1.54, 1.807) is 11.4 Å². The maximum Gasteiger partial charge on any atom is 0.255 e. The van der Waals surface area contributed by atoms with Crippen molar-refractivity contribution >= 4 is 57.4 Å². The van der Waals surface area contributed by atoms with Gasteiger partial charge in [-0.05, 0) is 30.5 Å². The van der Waals surface area contributed by atoms with Crippen molar-refractivity contribution in [1.82, 2.24) is 15.2 Å². The summed E-state index contributed by atoms with van der Waals surface area (Å²) in [5, 5.41) is 8.22. The zero-order valence-corrected chi connectivity index (χ0v) is 21.1. The zero-order valence-electron chi connectivity index (χ0n) is 18.8. The van der Waals surface area contributed by atoms with Crippen molar-refractivity contribution < 1.29 is 19.1 Å². The third-order valence-corrected chi connectivity index (χ3v) is 5.89. The van der Waals surface area contributed by atoms with Gasteiger partial charge < -0.3 is 20.3 Å². The monoisotopic (exact) mass is 514 g/mol. The number of methoxy groups -OCH3 is 1. The predicted octanol–water partition coefficient (Wildman–Crippen LogP) is 3.88. The largest absolute Gasteiger partial charge is 0.383 e. The molecule has 2 aromatic rings. The van der Waals surface area contributed by atoms with Gasteiger partial charge in [0.25, 0.3) is 5.91 Å². The van der Waals surface area contributed by atoms with Crippen LogP contribution in [-0.2, 0) is 20.7 Å². The summed E-state index contributed by atoms with van der Waals surface area (Å²) in [6.07, 6.45) is 1.04. The second-order valence-corrected chi connectivity index (χ2v) is 9.45. The van der Waals surface area contributed by atoms with Crippen LogP contribution in [0.3, 0.4) is 0 Å². The van der Waals surface area contributed by atoms with Gasteiger partial charge in [-0.1, -0.05) is 37.0 Å². The average molecular weight is 515 g/mol. The highest BCUT2D eigenvalue weighted by atomic mass is 35.5. The Balaban J connectivity index is 1.96. The SMILES string of the molecule is COCCN(CC(=O)Nc1nc(CC(=O)NCCC(C)C)cs1)C(=O)c1ccc(Cl)cc1Cl. The maximum absolute atomic E-state index is 12.9. The summed E-state index contributed by atoms with van der Waals surface area (Å²) in [5.74, 6) is -0.443. The number of ether oxygens (including phenoxy) is 1. The minimum absolute atomic E-state index is 0.116. The number of anilines is 1. The minimum atomic E-state index is -0.424. The second kappa shape index (κ2) is 13.5. The number of rotatable bonds is 12. The van der Waals surface area contributed by atoms with E-state index in [-0.39, 0.29) is 42.6 Å². The van der Waals surface area contributed by atoms with Crippen molar-refractivity contribution in [1.29, 1.82) is 0 Å². The molecule has 0 bridgehead atoms. The number of halogens is 2. The Morgan fingerprint density at radius 3 is 2.64 bits per heavy atom. The molecule has 1 heterocycles. The van der Waals surface area contributed by atoms with Gasteiger partial charge in [0.05, 0.1) is 29.3 Å². The summed E-state index contributed by atoms with van der Waals surface area (Å²) >= 11 is 13.3. The first-order chi connectivity index (χ1) is 15.7. The van der Waals surface area contributed by atoms with E-state index in [0.29, 0.717) is 28.3 Å². The molecule has 33 heavy (non-hydrogen) atoms. The van der Waals surface area contributed by atoms with Crippen molar-refractivity contribution in [2.24, 2.45) is 5.92 Å². The normalized spacial score (nSPS) is 10.8. The van der Waals surface area contributed by atoms with E-state index in [0.717, 1.165) is 6.42 Å². The molecule has 0 spiro atoms. The van der Waals surface area contributed by atoms with Crippen LogP contribution in [0.15, 0.2) is 23.6 Å². The molecule has 2 N–H and O–H groups in total. The number of nitrogens with one attached hydrogen (secondary N) is 2. The van der Waals surface area contributed by atoms with Crippen LogP contribution in [0.1, 0.15) is 36.3 Å². The number of aromatic nitrogens is 1. The Labute approximate surface area is 207 Å². The van der Waals surface area contributed by atoms with E-state index in [9.17, 15) is 14.4 Å². The van der Waals surface area contributed by atoms with Crippen LogP contribution in [0.4, 0.5) is 5.13 Å². The van der Waals surface area contributed by atoms with E-state index >= 15 is 0 Å². The van der Waals surface area contributed by atoms with Gasteiger partial charge in [-0.3, -0.25) is 14.4 Å². The fourth-order valence-corrected chi connectivity index (χ4v) is 4.01. The summed E-state index contributed by atoms with van der Waals surface area (Å²) in [5.41, 5.74) is 0.808. The molecule has 1 aromatic heterocycles. The molecular weight excluding hydrogens is 487 g/mol. The third kappa shape index (κ3) is 9.29. The van der Waals surface area contributed by atoms with Crippen LogP contribution >= 0.6 is 34.5 Å². The van der Waals surface area contributed by atoms with Gasteiger partial charge in [-0.25, -0.2) is 4.98 Å². The van der Waals surface area contributed by atoms with Crippen molar-refractivity contribution in [3.8, 4) is 0 Å². The molecule has 180 valence electrons. The molecule has 0 atom stereocenters. The highest BCUT2D eigenvalue weighted by molar-refractivity contribution is 7.13. The number of hydrogen-bond acceptors (Lipinski definition) is 6. The molecule has 0 radical (unpaired) electrons. The fourth-order valence-electron chi connectivity index (χ4n) is 2.79. The first-order valence-corrected chi connectivity index (χ1v) is 12.1. The van der Waals surface area contributed by atoms with Gasteiger partial charge in [0.2, 0.25) is 11.8 Å². The van der Waals surface area contributed by atoms with Crippen LogP contribution < -0.4 is 10.6 Å². The molecule has 3 amide bonds. The molecule has 0 fully saturated rings. The first-order valence-electron chi connectivity index (χ1n) is 10.4. The molecule has 1 aromatic carbocycles. The molecule has 11 heteroatoms. The lowest BCUT2D eigenvalue weighted by Crippen LogP contribution is -2.40. The summed E-state index contributed by atoms with van der Waals surface area (Å²) in [6, 6.07) is 4.55. The number of hydrogen-bond donors (Lipinski definition) is 2. The van der Waals surface area contributed by atoms with Crippen LogP contribution in [0.2, 0.25) is 10.0 Å².